The molecule has 3 heteroatoms. The van der Waals surface area contributed by atoms with Crippen molar-refractivity contribution in [3.63, 3.8) is 0 Å². The molecular weight excluding hydrogens is 250 g/mol. The molecule has 1 saturated heterocycles. The average Bonchev–Trinajstić information content (AvgIpc) is 2.72. The molecule has 0 radical (unpaired) electrons. The molecule has 1 aliphatic heterocycles. The molecule has 2 rings (SSSR count). The van der Waals surface area contributed by atoms with E-state index >= 15 is 0 Å². The average molecular weight is 281 g/mol. The molecule has 0 aromatic carbocycles. The number of carboxylic acid groups (broad SMARTS) is 1. The van der Waals surface area contributed by atoms with Crippen LogP contribution < -0.4 is 0 Å². The maximum absolute atomic E-state index is 11.7. The lowest BCUT2D eigenvalue weighted by molar-refractivity contribution is -0.153. The first-order valence-corrected chi connectivity index (χ1v) is 8.58. The molecule has 0 spiro atoms. The van der Waals surface area contributed by atoms with Gasteiger partial charge >= 0.3 is 5.97 Å². The summed E-state index contributed by atoms with van der Waals surface area (Å²) in [4.78, 5) is 14.2. The largest absolute Gasteiger partial charge is 0.481 e. The lowest BCUT2D eigenvalue weighted by Gasteiger charge is -2.43. The Labute approximate surface area is 123 Å². The molecule has 2 fully saturated rings. The van der Waals surface area contributed by atoms with E-state index < -0.39 is 11.4 Å². The Morgan fingerprint density at radius 3 is 2.65 bits per heavy atom. The minimum Gasteiger partial charge on any atom is -0.481 e. The van der Waals surface area contributed by atoms with Crippen LogP contribution in [0.5, 0.6) is 0 Å². The van der Waals surface area contributed by atoms with Crippen LogP contribution in [-0.4, -0.2) is 35.1 Å². The molecule has 116 valence electrons. The number of piperidine rings is 1. The fraction of sp³-hybridized carbons (Fsp3) is 0.941. The Kier molecular flexibility index (Phi) is 5.48. The summed E-state index contributed by atoms with van der Waals surface area (Å²) in [5.74, 6) is 0.324. The second-order valence-electron chi connectivity index (χ2n) is 6.95. The van der Waals surface area contributed by atoms with Gasteiger partial charge in [-0.3, -0.25) is 9.69 Å². The molecule has 3 nitrogen and oxygen atoms in total. The van der Waals surface area contributed by atoms with Gasteiger partial charge in [-0.05, 0) is 51.0 Å². The molecule has 1 aliphatic carbocycles. The van der Waals surface area contributed by atoms with Gasteiger partial charge in [0.2, 0.25) is 0 Å². The molecule has 1 heterocycles. The molecular formula is C17H31NO2. The van der Waals surface area contributed by atoms with E-state index in [1.54, 1.807) is 0 Å². The van der Waals surface area contributed by atoms with Crippen molar-refractivity contribution in [2.75, 3.05) is 13.1 Å². The summed E-state index contributed by atoms with van der Waals surface area (Å²) in [6.45, 7) is 6.23. The zero-order valence-corrected chi connectivity index (χ0v) is 13.2. The molecule has 1 N–H and O–H groups in total. The third-order valence-corrected chi connectivity index (χ3v) is 5.89. The van der Waals surface area contributed by atoms with Crippen LogP contribution in [0.1, 0.15) is 71.6 Å². The predicted octanol–water partition coefficient (Wildman–Crippen LogP) is 3.92. The SMILES string of the molecule is CCC1CCCC(N2CCCC(CC)(C(=O)O)C2)CC1. The molecule has 0 bridgehead atoms. The molecule has 0 aromatic heterocycles. The first-order valence-electron chi connectivity index (χ1n) is 8.58. The van der Waals surface area contributed by atoms with E-state index in [0.717, 1.165) is 38.3 Å². The zero-order valence-electron chi connectivity index (χ0n) is 13.2. The highest BCUT2D eigenvalue weighted by atomic mass is 16.4. The van der Waals surface area contributed by atoms with Crippen molar-refractivity contribution in [1.82, 2.24) is 4.90 Å². The summed E-state index contributed by atoms with van der Waals surface area (Å²) in [6.07, 6.45) is 10.6. The van der Waals surface area contributed by atoms with Crippen LogP contribution in [0.15, 0.2) is 0 Å². The quantitative estimate of drug-likeness (QED) is 0.794. The van der Waals surface area contributed by atoms with Gasteiger partial charge in [-0.1, -0.05) is 33.1 Å². The lowest BCUT2D eigenvalue weighted by Crippen LogP contribution is -2.51. The second kappa shape index (κ2) is 6.93. The highest BCUT2D eigenvalue weighted by Crippen LogP contribution is 2.37. The molecule has 2 aliphatic rings. The Hall–Kier alpha value is -0.570. The Morgan fingerprint density at radius 2 is 2.00 bits per heavy atom. The maximum Gasteiger partial charge on any atom is 0.310 e. The number of rotatable bonds is 4. The third-order valence-electron chi connectivity index (χ3n) is 5.89. The van der Waals surface area contributed by atoms with Crippen molar-refractivity contribution in [2.45, 2.75) is 77.7 Å². The van der Waals surface area contributed by atoms with Crippen molar-refractivity contribution >= 4 is 5.97 Å². The molecule has 3 atom stereocenters. The van der Waals surface area contributed by atoms with Crippen molar-refractivity contribution in [2.24, 2.45) is 11.3 Å². The van der Waals surface area contributed by atoms with E-state index in [2.05, 4.69) is 11.8 Å². The normalized spacial score (nSPS) is 36.5. The van der Waals surface area contributed by atoms with Crippen LogP contribution in [0.3, 0.4) is 0 Å². The first-order chi connectivity index (χ1) is 9.61. The van der Waals surface area contributed by atoms with E-state index in [4.69, 9.17) is 0 Å². The summed E-state index contributed by atoms with van der Waals surface area (Å²) in [6, 6.07) is 0.636. The lowest BCUT2D eigenvalue weighted by atomic mass is 9.77. The summed E-state index contributed by atoms with van der Waals surface area (Å²) in [5.41, 5.74) is -0.477. The minimum atomic E-state index is -0.579. The summed E-state index contributed by atoms with van der Waals surface area (Å²) < 4.78 is 0. The van der Waals surface area contributed by atoms with Gasteiger partial charge in [0.25, 0.3) is 0 Å². The summed E-state index contributed by atoms with van der Waals surface area (Å²) in [7, 11) is 0. The van der Waals surface area contributed by atoms with E-state index in [1.165, 1.54) is 38.5 Å². The van der Waals surface area contributed by atoms with Crippen molar-refractivity contribution in [3.8, 4) is 0 Å². The number of nitrogens with zero attached hydrogens (tertiary/aromatic N) is 1. The van der Waals surface area contributed by atoms with Crippen molar-refractivity contribution in [3.05, 3.63) is 0 Å². The fourth-order valence-electron chi connectivity index (χ4n) is 4.23. The van der Waals surface area contributed by atoms with E-state index in [1.807, 2.05) is 6.92 Å². The van der Waals surface area contributed by atoms with Gasteiger partial charge in [0.15, 0.2) is 0 Å². The number of carboxylic acids is 1. The van der Waals surface area contributed by atoms with Gasteiger partial charge in [0, 0.05) is 12.6 Å². The number of carbonyl (C=O) groups is 1. The molecule has 20 heavy (non-hydrogen) atoms. The molecule has 0 aromatic rings. The monoisotopic (exact) mass is 281 g/mol. The van der Waals surface area contributed by atoms with Crippen LogP contribution >= 0.6 is 0 Å². The summed E-state index contributed by atoms with van der Waals surface area (Å²) in [5, 5.41) is 9.61. The Bertz CT molecular complexity index is 331. The maximum atomic E-state index is 11.7. The molecule has 3 unspecified atom stereocenters. The Morgan fingerprint density at radius 1 is 1.20 bits per heavy atom. The topological polar surface area (TPSA) is 40.5 Å². The molecule has 0 amide bonds. The third kappa shape index (κ3) is 3.36. The highest BCUT2D eigenvalue weighted by Gasteiger charge is 2.42. The van der Waals surface area contributed by atoms with Gasteiger partial charge in [-0.2, -0.15) is 0 Å². The summed E-state index contributed by atoms with van der Waals surface area (Å²) >= 11 is 0. The number of likely N-dealkylation sites (tertiary alicyclic amines) is 1. The van der Waals surface area contributed by atoms with Crippen molar-refractivity contribution in [1.29, 1.82) is 0 Å². The smallest absolute Gasteiger partial charge is 0.310 e. The van der Waals surface area contributed by atoms with Crippen LogP contribution in [0.4, 0.5) is 0 Å². The van der Waals surface area contributed by atoms with E-state index in [9.17, 15) is 9.90 Å². The fourth-order valence-corrected chi connectivity index (χ4v) is 4.23. The number of aliphatic carboxylic acids is 1. The van der Waals surface area contributed by atoms with Crippen LogP contribution in [0, 0.1) is 11.3 Å². The van der Waals surface area contributed by atoms with Gasteiger partial charge < -0.3 is 5.11 Å². The zero-order chi connectivity index (χ0) is 14.6. The standard InChI is InChI=1S/C17H31NO2/c1-3-14-7-5-8-15(10-9-14)18-12-6-11-17(4-2,13-18)16(19)20/h14-15H,3-13H2,1-2H3,(H,19,20). The number of hydrogen-bond acceptors (Lipinski definition) is 2. The van der Waals surface area contributed by atoms with E-state index in [0.29, 0.717) is 6.04 Å². The number of hydrogen-bond donors (Lipinski definition) is 1. The first kappa shape index (κ1) is 15.8. The van der Waals surface area contributed by atoms with Gasteiger partial charge in [0.1, 0.15) is 0 Å². The molecule has 1 saturated carbocycles. The minimum absolute atomic E-state index is 0.477. The van der Waals surface area contributed by atoms with Gasteiger partial charge in [-0.25, -0.2) is 0 Å². The highest BCUT2D eigenvalue weighted by molar-refractivity contribution is 5.75. The second-order valence-corrected chi connectivity index (χ2v) is 6.95. The van der Waals surface area contributed by atoms with Gasteiger partial charge in [-0.15, -0.1) is 0 Å². The Balaban J connectivity index is 1.99. The van der Waals surface area contributed by atoms with Gasteiger partial charge in [0.05, 0.1) is 5.41 Å². The predicted molar refractivity (Wildman–Crippen MR) is 81.8 cm³/mol. The van der Waals surface area contributed by atoms with Crippen molar-refractivity contribution < 1.29 is 9.90 Å². The van der Waals surface area contributed by atoms with E-state index in [-0.39, 0.29) is 0 Å². The van der Waals surface area contributed by atoms with Crippen LogP contribution in [0.25, 0.3) is 0 Å². The van der Waals surface area contributed by atoms with Crippen LogP contribution in [-0.2, 0) is 4.79 Å². The van der Waals surface area contributed by atoms with Crippen LogP contribution in [0.2, 0.25) is 0 Å².